The van der Waals surface area contributed by atoms with Crippen molar-refractivity contribution in [3.63, 3.8) is 0 Å². The zero-order valence-corrected chi connectivity index (χ0v) is 21.0. The van der Waals surface area contributed by atoms with Gasteiger partial charge in [-0.3, -0.25) is 9.46 Å². The Morgan fingerprint density at radius 2 is 1.70 bits per heavy atom. The summed E-state index contributed by atoms with van der Waals surface area (Å²) >= 11 is 0. The lowest BCUT2D eigenvalue weighted by Gasteiger charge is -2.39. The molecule has 33 heavy (non-hydrogen) atoms. The predicted octanol–water partition coefficient (Wildman–Crippen LogP) is 5.32. The normalized spacial score (nSPS) is 22.3. The fourth-order valence-electron chi connectivity index (χ4n) is 3.72. The maximum Gasteiger partial charge on any atom is 0.413 e. The summed E-state index contributed by atoms with van der Waals surface area (Å²) in [5, 5.41) is 11.0. The molecule has 3 atom stereocenters. The molecule has 188 valence electrons. The fourth-order valence-corrected chi connectivity index (χ4v) is 5.29. The number of halogens is 2. The minimum absolute atomic E-state index is 0.329. The Morgan fingerprint density at radius 1 is 1.18 bits per heavy atom. The highest BCUT2D eigenvalue weighted by molar-refractivity contribution is 7.55. The van der Waals surface area contributed by atoms with Crippen LogP contribution < -0.4 is 0 Å². The second kappa shape index (κ2) is 9.96. The van der Waals surface area contributed by atoms with Gasteiger partial charge in [0.25, 0.3) is 0 Å². The van der Waals surface area contributed by atoms with Gasteiger partial charge < -0.3 is 23.6 Å². The number of hydrogen-bond donors (Lipinski definition) is 1. The molecule has 11 heteroatoms. The van der Waals surface area contributed by atoms with Gasteiger partial charge in [0, 0.05) is 0 Å². The molecule has 0 saturated carbocycles. The second-order valence-corrected chi connectivity index (χ2v) is 11.2. The van der Waals surface area contributed by atoms with Crippen molar-refractivity contribution < 1.29 is 41.8 Å². The number of hydrogen-bond acceptors (Lipinski definition) is 7. The quantitative estimate of drug-likeness (QED) is 0.490. The molecule has 0 radical (unpaired) electrons. The number of aliphatic hydroxyl groups excluding tert-OH is 1. The Bertz CT molecular complexity index is 850. The molecule has 8 nitrogen and oxygen atoms in total. The number of amides is 1. The molecule has 2 rings (SSSR count). The first-order valence-electron chi connectivity index (χ1n) is 10.8. The van der Waals surface area contributed by atoms with Crippen molar-refractivity contribution in [3.8, 4) is 0 Å². The molecule has 0 bridgehead atoms. The molecular weight excluding hydrogens is 459 g/mol. The molecule has 1 saturated heterocycles. The van der Waals surface area contributed by atoms with E-state index in [-0.39, 0.29) is 13.2 Å². The minimum atomic E-state index is -5.11. The molecule has 1 fully saturated rings. The van der Waals surface area contributed by atoms with Crippen LogP contribution in [0.4, 0.5) is 13.6 Å². The van der Waals surface area contributed by atoms with Crippen molar-refractivity contribution in [1.29, 1.82) is 0 Å². The molecule has 1 aromatic rings. The molecule has 1 aliphatic heterocycles. The van der Waals surface area contributed by atoms with E-state index >= 15 is 8.78 Å². The summed E-state index contributed by atoms with van der Waals surface area (Å²) in [6.07, 6.45) is -4.80. The van der Waals surface area contributed by atoms with Crippen molar-refractivity contribution in [2.75, 3.05) is 13.2 Å². The number of alkyl halides is 2. The Hall–Kier alpha value is -1.58. The van der Waals surface area contributed by atoms with Gasteiger partial charge in [0.1, 0.15) is 23.5 Å². The Labute approximate surface area is 193 Å². The van der Waals surface area contributed by atoms with E-state index in [4.69, 9.17) is 18.5 Å². The first-order valence-corrected chi connectivity index (χ1v) is 12.4. The van der Waals surface area contributed by atoms with Crippen LogP contribution in [0.2, 0.25) is 0 Å². The minimum Gasteiger partial charge on any atom is -0.444 e. The van der Waals surface area contributed by atoms with Gasteiger partial charge in [0.15, 0.2) is 6.10 Å². The molecule has 1 amide bonds. The predicted molar refractivity (Wildman–Crippen MR) is 118 cm³/mol. The third kappa shape index (κ3) is 5.74. The van der Waals surface area contributed by atoms with E-state index in [9.17, 15) is 14.5 Å². The third-order valence-corrected chi connectivity index (χ3v) is 7.16. The van der Waals surface area contributed by atoms with Crippen LogP contribution in [-0.2, 0) is 23.1 Å². The van der Waals surface area contributed by atoms with Gasteiger partial charge in [0.05, 0.1) is 13.2 Å². The summed E-state index contributed by atoms with van der Waals surface area (Å²) in [6.45, 7) is 10.00. The monoisotopic (exact) mass is 493 g/mol. The second-order valence-electron chi connectivity index (χ2n) is 9.10. The maximum atomic E-state index is 15.6. The van der Waals surface area contributed by atoms with Gasteiger partial charge in [-0.25, -0.2) is 4.79 Å². The highest BCUT2D eigenvalue weighted by Gasteiger charge is 2.66. The molecule has 0 unspecified atom stereocenters. The van der Waals surface area contributed by atoms with Crippen LogP contribution in [-0.4, -0.2) is 58.4 Å². The van der Waals surface area contributed by atoms with Crippen LogP contribution in [0.25, 0.3) is 0 Å². The van der Waals surface area contributed by atoms with Gasteiger partial charge in [-0.1, -0.05) is 30.3 Å². The topological polar surface area (TPSA) is 94.5 Å². The summed E-state index contributed by atoms with van der Waals surface area (Å²) in [7, 11) is -5.11. The number of carbonyl (C=O) groups is 1. The zero-order chi connectivity index (χ0) is 25.2. The zero-order valence-electron chi connectivity index (χ0n) is 20.1. The van der Waals surface area contributed by atoms with Crippen LogP contribution in [0.3, 0.4) is 0 Å². The Morgan fingerprint density at radius 3 is 2.15 bits per heavy atom. The summed E-state index contributed by atoms with van der Waals surface area (Å²) in [5.41, 5.74) is -6.30. The third-order valence-electron chi connectivity index (χ3n) is 4.96. The van der Waals surface area contributed by atoms with Gasteiger partial charge in [0.2, 0.25) is 0 Å². The molecule has 0 aromatic heterocycles. The number of carbonyl (C=O) groups excluding carboxylic acids is 1. The average Bonchev–Trinajstić information content (AvgIpc) is 2.98. The molecule has 1 N–H and O–H groups in total. The van der Waals surface area contributed by atoms with Gasteiger partial charge in [-0.2, -0.15) is 8.78 Å². The Balaban J connectivity index is 2.63. The van der Waals surface area contributed by atoms with E-state index < -0.39 is 48.9 Å². The maximum absolute atomic E-state index is 15.6. The summed E-state index contributed by atoms with van der Waals surface area (Å²) < 4.78 is 65.3. The highest BCUT2D eigenvalue weighted by atomic mass is 31.2. The van der Waals surface area contributed by atoms with Crippen LogP contribution in [0, 0.1) is 0 Å². The standard InChI is InChI=1S/C22H34F2NO7P/c1-8-29-33(28,30-9-2)22(23,24)18(26)16-17(15-13-11-10-12-14-15)31-21(6,7)25(16)19(27)32-20(3,4)5/h10-14,16-18,26H,8-9H2,1-7H3/t16-,17+,18-/m1/s1. The lowest BCUT2D eigenvalue weighted by Crippen LogP contribution is -2.57. The molecule has 0 spiro atoms. The average molecular weight is 493 g/mol. The van der Waals surface area contributed by atoms with E-state index in [1.807, 2.05) is 0 Å². The highest BCUT2D eigenvalue weighted by Crippen LogP contribution is 2.65. The Kier molecular flexibility index (Phi) is 8.35. The van der Waals surface area contributed by atoms with E-state index in [2.05, 4.69) is 0 Å². The number of ether oxygens (including phenoxy) is 2. The summed E-state index contributed by atoms with van der Waals surface area (Å²) in [5.74, 6) is 0. The summed E-state index contributed by atoms with van der Waals surface area (Å²) in [4.78, 5) is 14.1. The SMILES string of the molecule is CCOP(=O)(OCC)C(F)(F)[C@H](O)[C@H]1[C@H](c2ccccc2)OC(C)(C)N1C(=O)OC(C)(C)C. The molecule has 1 aliphatic rings. The number of nitrogens with zero attached hydrogens (tertiary/aromatic N) is 1. The van der Waals surface area contributed by atoms with Crippen LogP contribution in [0.1, 0.15) is 60.1 Å². The lowest BCUT2D eigenvalue weighted by molar-refractivity contribution is -0.106. The molecular formula is C22H34F2NO7P. The van der Waals surface area contributed by atoms with E-state index in [0.717, 1.165) is 4.90 Å². The van der Waals surface area contributed by atoms with Crippen LogP contribution in [0.15, 0.2) is 30.3 Å². The largest absolute Gasteiger partial charge is 0.444 e. The smallest absolute Gasteiger partial charge is 0.413 e. The first kappa shape index (κ1) is 27.7. The van der Waals surface area contributed by atoms with Crippen molar-refractivity contribution in [3.05, 3.63) is 35.9 Å². The van der Waals surface area contributed by atoms with E-state index in [1.165, 1.54) is 27.7 Å². The van der Waals surface area contributed by atoms with Gasteiger partial charge >= 0.3 is 19.4 Å². The molecule has 1 heterocycles. The number of rotatable bonds is 8. The van der Waals surface area contributed by atoms with Crippen molar-refractivity contribution in [2.45, 2.75) is 83.7 Å². The number of benzene rings is 1. The molecule has 0 aliphatic carbocycles. The van der Waals surface area contributed by atoms with Crippen LogP contribution >= 0.6 is 7.60 Å². The van der Waals surface area contributed by atoms with E-state index in [1.54, 1.807) is 51.1 Å². The summed E-state index contributed by atoms with van der Waals surface area (Å²) in [6, 6.07) is 6.67. The van der Waals surface area contributed by atoms with Crippen LogP contribution in [0.5, 0.6) is 0 Å². The van der Waals surface area contributed by atoms with E-state index in [0.29, 0.717) is 5.56 Å². The molecule has 1 aromatic carbocycles. The van der Waals surface area contributed by atoms with Crippen molar-refractivity contribution in [1.82, 2.24) is 4.90 Å². The lowest BCUT2D eigenvalue weighted by atomic mass is 9.97. The van der Waals surface area contributed by atoms with Gasteiger partial charge in [-0.05, 0) is 54.0 Å². The number of aliphatic hydroxyl groups is 1. The fraction of sp³-hybridized carbons (Fsp3) is 0.682. The van der Waals surface area contributed by atoms with Crippen molar-refractivity contribution in [2.24, 2.45) is 0 Å². The van der Waals surface area contributed by atoms with Crippen molar-refractivity contribution >= 4 is 13.7 Å². The van der Waals surface area contributed by atoms with Gasteiger partial charge in [-0.15, -0.1) is 0 Å². The first-order chi connectivity index (χ1) is 15.1.